The topological polar surface area (TPSA) is 245 Å². The van der Waals surface area contributed by atoms with Gasteiger partial charge in [-0.1, -0.05) is 20.3 Å². The third-order valence-electron chi connectivity index (χ3n) is 4.89. The van der Waals surface area contributed by atoms with E-state index < -0.39 is 91.1 Å². The Morgan fingerprint density at radius 1 is 0.818 bits per heavy atom. The summed E-state index contributed by atoms with van der Waals surface area (Å²) in [5, 5.41) is 43.0. The maximum absolute atomic E-state index is 12.8. The lowest BCUT2D eigenvalue weighted by atomic mass is 9.97. The van der Waals surface area contributed by atoms with Crippen LogP contribution in [-0.2, 0) is 28.8 Å². The number of hydrogen-bond donors (Lipinski definition) is 8. The van der Waals surface area contributed by atoms with Crippen molar-refractivity contribution in [3.05, 3.63) is 0 Å². The third kappa shape index (κ3) is 10.7. The fourth-order valence-corrected chi connectivity index (χ4v) is 2.61. The monoisotopic (exact) mass is 476 g/mol. The summed E-state index contributed by atoms with van der Waals surface area (Å²) in [6.45, 7) is 4.60. The van der Waals surface area contributed by atoms with Crippen molar-refractivity contribution in [2.75, 3.05) is 0 Å². The molecule has 0 radical (unpaired) electrons. The number of carbonyl (C=O) groups excluding carboxylic acids is 3. The van der Waals surface area contributed by atoms with Gasteiger partial charge < -0.3 is 42.1 Å². The lowest BCUT2D eigenvalue weighted by Crippen LogP contribution is -2.59. The van der Waals surface area contributed by atoms with Crippen molar-refractivity contribution in [2.45, 2.75) is 76.7 Å². The number of carboxylic acids is 3. The Kier molecular flexibility index (Phi) is 12.6. The molecule has 0 aliphatic heterocycles. The van der Waals surface area contributed by atoms with Crippen molar-refractivity contribution in [1.29, 1.82) is 0 Å². The maximum Gasteiger partial charge on any atom is 0.326 e. The molecular formula is C19H32N4O10. The van der Waals surface area contributed by atoms with E-state index in [0.717, 1.165) is 0 Å². The summed E-state index contributed by atoms with van der Waals surface area (Å²) in [5.41, 5.74) is 5.57. The summed E-state index contributed by atoms with van der Waals surface area (Å²) in [6.07, 6.45) is -2.76. The molecule has 0 heterocycles. The summed E-state index contributed by atoms with van der Waals surface area (Å²) in [7, 11) is 0. The normalized spacial score (nSPS) is 16.3. The molecule has 0 spiro atoms. The Morgan fingerprint density at radius 3 is 1.79 bits per heavy atom. The van der Waals surface area contributed by atoms with Crippen molar-refractivity contribution >= 4 is 35.6 Å². The van der Waals surface area contributed by atoms with Crippen molar-refractivity contribution in [1.82, 2.24) is 16.0 Å². The van der Waals surface area contributed by atoms with Gasteiger partial charge in [-0.05, 0) is 19.3 Å². The first-order valence-corrected chi connectivity index (χ1v) is 10.2. The van der Waals surface area contributed by atoms with Crippen LogP contribution in [0.4, 0.5) is 0 Å². The SMILES string of the molecule is CCC(C)C(NC(=O)C(N)C(C)O)C(=O)NC(CC(=O)O)C(=O)NC(CCC(=O)O)C(=O)O. The van der Waals surface area contributed by atoms with Crippen LogP contribution < -0.4 is 21.7 Å². The van der Waals surface area contributed by atoms with E-state index in [1.165, 1.54) is 6.92 Å². The van der Waals surface area contributed by atoms with E-state index in [0.29, 0.717) is 6.42 Å². The second-order valence-corrected chi connectivity index (χ2v) is 7.63. The van der Waals surface area contributed by atoms with E-state index in [1.54, 1.807) is 13.8 Å². The van der Waals surface area contributed by atoms with E-state index in [-0.39, 0.29) is 0 Å². The second kappa shape index (κ2) is 14.0. The van der Waals surface area contributed by atoms with Crippen LogP contribution in [0.1, 0.15) is 46.5 Å². The fraction of sp³-hybridized carbons (Fsp3) is 0.684. The third-order valence-corrected chi connectivity index (χ3v) is 4.89. The molecule has 14 nitrogen and oxygen atoms in total. The summed E-state index contributed by atoms with van der Waals surface area (Å²) in [6, 6.07) is -5.92. The van der Waals surface area contributed by atoms with Crippen LogP contribution in [0.2, 0.25) is 0 Å². The zero-order chi connectivity index (χ0) is 25.9. The number of aliphatic carboxylic acids is 3. The van der Waals surface area contributed by atoms with Crippen molar-refractivity contribution in [2.24, 2.45) is 11.7 Å². The number of rotatable bonds is 15. The van der Waals surface area contributed by atoms with E-state index in [2.05, 4.69) is 10.6 Å². The van der Waals surface area contributed by atoms with E-state index >= 15 is 0 Å². The molecule has 0 fully saturated rings. The smallest absolute Gasteiger partial charge is 0.326 e. The van der Waals surface area contributed by atoms with E-state index in [4.69, 9.17) is 15.9 Å². The number of carbonyl (C=O) groups is 6. The number of amides is 3. The Bertz CT molecular complexity index is 742. The predicted octanol–water partition coefficient (Wildman–Crippen LogP) is -2.38. The molecule has 0 aliphatic rings. The van der Waals surface area contributed by atoms with Gasteiger partial charge >= 0.3 is 17.9 Å². The maximum atomic E-state index is 12.8. The largest absolute Gasteiger partial charge is 0.481 e. The number of aliphatic hydroxyl groups is 1. The van der Waals surface area contributed by atoms with Gasteiger partial charge in [0.15, 0.2) is 0 Å². The van der Waals surface area contributed by atoms with Crippen molar-refractivity contribution in [3.63, 3.8) is 0 Å². The Morgan fingerprint density at radius 2 is 1.36 bits per heavy atom. The van der Waals surface area contributed by atoms with Gasteiger partial charge in [0.25, 0.3) is 0 Å². The quantitative estimate of drug-likeness (QED) is 0.124. The molecule has 6 unspecified atom stereocenters. The molecule has 0 saturated heterocycles. The summed E-state index contributed by atoms with van der Waals surface area (Å²) < 4.78 is 0. The molecule has 33 heavy (non-hydrogen) atoms. The molecule has 188 valence electrons. The van der Waals surface area contributed by atoms with Crippen molar-refractivity contribution in [3.8, 4) is 0 Å². The molecule has 3 amide bonds. The van der Waals surface area contributed by atoms with Crippen LogP contribution in [0.5, 0.6) is 0 Å². The van der Waals surface area contributed by atoms with E-state index in [1.807, 2.05) is 5.32 Å². The minimum atomic E-state index is -1.71. The van der Waals surface area contributed by atoms with E-state index in [9.17, 15) is 39.0 Å². The standard InChI is InChI=1S/C19H32N4O10/c1-4-8(2)15(23-17(30)14(20)9(3)24)18(31)22-11(7-13(27)28)16(29)21-10(19(32)33)5-6-12(25)26/h8-11,14-15,24H,4-7,20H2,1-3H3,(H,21,29)(H,22,31)(H,23,30)(H,25,26)(H,27,28)(H,32,33). The van der Waals surface area contributed by atoms with Gasteiger partial charge in [0.2, 0.25) is 17.7 Å². The highest BCUT2D eigenvalue weighted by atomic mass is 16.4. The summed E-state index contributed by atoms with van der Waals surface area (Å²) in [4.78, 5) is 70.7. The Balaban J connectivity index is 5.59. The molecule has 9 N–H and O–H groups in total. The van der Waals surface area contributed by atoms with Gasteiger partial charge in [-0.25, -0.2) is 4.79 Å². The molecule has 0 bridgehead atoms. The minimum absolute atomic E-state index is 0.397. The zero-order valence-corrected chi connectivity index (χ0v) is 18.6. The molecule has 0 aromatic carbocycles. The van der Waals surface area contributed by atoms with Gasteiger partial charge in [-0.15, -0.1) is 0 Å². The zero-order valence-electron chi connectivity index (χ0n) is 18.6. The lowest BCUT2D eigenvalue weighted by Gasteiger charge is -2.28. The minimum Gasteiger partial charge on any atom is -0.481 e. The van der Waals surface area contributed by atoms with Gasteiger partial charge in [0.1, 0.15) is 24.2 Å². The summed E-state index contributed by atoms with van der Waals surface area (Å²) >= 11 is 0. The van der Waals surface area contributed by atoms with Crippen LogP contribution in [0.3, 0.4) is 0 Å². The van der Waals surface area contributed by atoms with Crippen LogP contribution in [0, 0.1) is 5.92 Å². The number of hydrogen-bond acceptors (Lipinski definition) is 8. The number of aliphatic hydroxyl groups excluding tert-OH is 1. The highest BCUT2D eigenvalue weighted by molar-refractivity contribution is 5.95. The highest BCUT2D eigenvalue weighted by Gasteiger charge is 2.34. The van der Waals surface area contributed by atoms with Gasteiger partial charge in [-0.2, -0.15) is 0 Å². The summed E-state index contributed by atoms with van der Waals surface area (Å²) in [5.74, 6) is -7.72. The molecule has 0 aromatic heterocycles. The molecular weight excluding hydrogens is 444 g/mol. The first-order valence-electron chi connectivity index (χ1n) is 10.2. The second-order valence-electron chi connectivity index (χ2n) is 7.63. The van der Waals surface area contributed by atoms with Crippen LogP contribution in [0.15, 0.2) is 0 Å². The fourth-order valence-electron chi connectivity index (χ4n) is 2.61. The molecule has 14 heteroatoms. The first kappa shape index (κ1) is 29.7. The highest BCUT2D eigenvalue weighted by Crippen LogP contribution is 2.10. The molecule has 0 rings (SSSR count). The number of nitrogens with one attached hydrogen (secondary N) is 3. The van der Waals surface area contributed by atoms with Crippen LogP contribution in [-0.4, -0.2) is 86.3 Å². The van der Waals surface area contributed by atoms with Crippen LogP contribution in [0.25, 0.3) is 0 Å². The molecule has 0 aliphatic carbocycles. The van der Waals surface area contributed by atoms with Crippen LogP contribution >= 0.6 is 0 Å². The average Bonchev–Trinajstić information content (AvgIpc) is 2.71. The Hall–Kier alpha value is -3.26. The van der Waals surface area contributed by atoms with Gasteiger partial charge in [0, 0.05) is 6.42 Å². The Labute approximate surface area is 189 Å². The van der Waals surface area contributed by atoms with Crippen molar-refractivity contribution < 1.29 is 49.2 Å². The van der Waals surface area contributed by atoms with Gasteiger partial charge in [0.05, 0.1) is 12.5 Å². The molecule has 0 aromatic rings. The molecule has 0 saturated carbocycles. The van der Waals surface area contributed by atoms with Gasteiger partial charge in [-0.3, -0.25) is 24.0 Å². The molecule has 6 atom stereocenters. The predicted molar refractivity (Wildman–Crippen MR) is 112 cm³/mol. The number of carboxylic acid groups (broad SMARTS) is 3. The average molecular weight is 476 g/mol. The lowest BCUT2D eigenvalue weighted by molar-refractivity contribution is -0.144. The first-order chi connectivity index (χ1) is 15.2. The number of nitrogens with two attached hydrogens (primary N) is 1.